The summed E-state index contributed by atoms with van der Waals surface area (Å²) in [6, 6.07) is 7.86. The summed E-state index contributed by atoms with van der Waals surface area (Å²) in [6.45, 7) is 0. The molecule has 1 aromatic rings. The van der Waals surface area contributed by atoms with E-state index in [4.69, 9.17) is 5.11 Å². The predicted molar refractivity (Wildman–Crippen MR) is 60.0 cm³/mol. The van der Waals surface area contributed by atoms with Crippen LogP contribution >= 0.6 is 15.9 Å². The second-order valence-corrected chi connectivity index (χ2v) is 3.80. The molecule has 3 heteroatoms. The van der Waals surface area contributed by atoms with E-state index in [0.717, 1.165) is 10.0 Å². The average molecular weight is 255 g/mol. The largest absolute Gasteiger partial charge is 0.481 e. The summed E-state index contributed by atoms with van der Waals surface area (Å²) >= 11 is 3.34. The van der Waals surface area contributed by atoms with Gasteiger partial charge in [0.15, 0.2) is 0 Å². The highest BCUT2D eigenvalue weighted by Crippen LogP contribution is 2.11. The third-order valence-electron chi connectivity index (χ3n) is 1.71. The van der Waals surface area contributed by atoms with Gasteiger partial charge in [-0.1, -0.05) is 40.2 Å². The fourth-order valence-electron chi connectivity index (χ4n) is 1.00. The quantitative estimate of drug-likeness (QED) is 0.895. The Morgan fingerprint density at radius 2 is 2.00 bits per heavy atom. The molecule has 2 nitrogen and oxygen atoms in total. The Bertz CT molecular complexity index is 328. The summed E-state index contributed by atoms with van der Waals surface area (Å²) in [6.07, 6.45) is 4.56. The van der Waals surface area contributed by atoms with Gasteiger partial charge in [-0.25, -0.2) is 0 Å². The van der Waals surface area contributed by atoms with Crippen LogP contribution in [0.1, 0.15) is 18.4 Å². The fourth-order valence-corrected chi connectivity index (χ4v) is 1.26. The maximum Gasteiger partial charge on any atom is 0.303 e. The third kappa shape index (κ3) is 4.23. The van der Waals surface area contributed by atoms with E-state index in [-0.39, 0.29) is 6.42 Å². The maximum atomic E-state index is 10.2. The van der Waals surface area contributed by atoms with Crippen LogP contribution in [0.15, 0.2) is 34.8 Å². The molecule has 74 valence electrons. The zero-order valence-electron chi connectivity index (χ0n) is 7.61. The van der Waals surface area contributed by atoms with Crippen LogP contribution in [0.3, 0.4) is 0 Å². The van der Waals surface area contributed by atoms with E-state index in [1.807, 2.05) is 36.4 Å². The van der Waals surface area contributed by atoms with E-state index in [0.29, 0.717) is 6.42 Å². The molecule has 0 saturated heterocycles. The predicted octanol–water partition coefficient (Wildman–Crippen LogP) is 3.33. The zero-order valence-corrected chi connectivity index (χ0v) is 9.20. The minimum atomic E-state index is -0.759. The molecule has 0 amide bonds. The number of carboxylic acid groups (broad SMARTS) is 1. The number of benzene rings is 1. The second kappa shape index (κ2) is 5.60. The molecular formula is C11H11BrO2. The number of rotatable bonds is 4. The van der Waals surface area contributed by atoms with E-state index in [1.54, 1.807) is 0 Å². The van der Waals surface area contributed by atoms with Gasteiger partial charge in [0.1, 0.15) is 0 Å². The van der Waals surface area contributed by atoms with Crippen LogP contribution in [0.4, 0.5) is 0 Å². The molecule has 1 N–H and O–H groups in total. The molecular weight excluding hydrogens is 244 g/mol. The first-order valence-electron chi connectivity index (χ1n) is 4.32. The minimum Gasteiger partial charge on any atom is -0.481 e. The number of carboxylic acids is 1. The van der Waals surface area contributed by atoms with Gasteiger partial charge in [0.2, 0.25) is 0 Å². The average Bonchev–Trinajstić information content (AvgIpc) is 2.15. The van der Waals surface area contributed by atoms with Gasteiger partial charge in [0.05, 0.1) is 0 Å². The Morgan fingerprint density at radius 3 is 2.57 bits per heavy atom. The molecule has 0 aliphatic rings. The lowest BCUT2D eigenvalue weighted by Crippen LogP contribution is -1.91. The van der Waals surface area contributed by atoms with E-state index in [1.165, 1.54) is 0 Å². The van der Waals surface area contributed by atoms with Gasteiger partial charge in [0.25, 0.3) is 0 Å². The van der Waals surface area contributed by atoms with Crippen LogP contribution in [0, 0.1) is 0 Å². The molecule has 0 aliphatic heterocycles. The maximum absolute atomic E-state index is 10.2. The highest BCUT2D eigenvalue weighted by Gasteiger charge is 1.92. The molecule has 0 aromatic heterocycles. The summed E-state index contributed by atoms with van der Waals surface area (Å²) in [5.74, 6) is -0.759. The van der Waals surface area contributed by atoms with Crippen molar-refractivity contribution in [2.45, 2.75) is 12.8 Å². The molecule has 0 atom stereocenters. The Hall–Kier alpha value is -1.09. The molecule has 0 fully saturated rings. The van der Waals surface area contributed by atoms with Crippen LogP contribution in [0.2, 0.25) is 0 Å². The monoisotopic (exact) mass is 254 g/mol. The molecule has 1 aromatic carbocycles. The van der Waals surface area contributed by atoms with Crippen molar-refractivity contribution >= 4 is 28.0 Å². The number of hydrogen-bond donors (Lipinski definition) is 1. The first kappa shape index (κ1) is 11.0. The van der Waals surface area contributed by atoms with Gasteiger partial charge in [-0.15, -0.1) is 0 Å². The molecule has 0 radical (unpaired) electrons. The molecule has 0 saturated carbocycles. The van der Waals surface area contributed by atoms with Crippen LogP contribution in [0.5, 0.6) is 0 Å². The van der Waals surface area contributed by atoms with Gasteiger partial charge < -0.3 is 5.11 Å². The van der Waals surface area contributed by atoms with E-state index in [9.17, 15) is 4.79 Å². The van der Waals surface area contributed by atoms with Crippen molar-refractivity contribution in [3.8, 4) is 0 Å². The van der Waals surface area contributed by atoms with Crippen molar-refractivity contribution in [1.29, 1.82) is 0 Å². The van der Waals surface area contributed by atoms with Gasteiger partial charge in [-0.3, -0.25) is 4.79 Å². The highest BCUT2D eigenvalue weighted by atomic mass is 79.9. The number of allylic oxidation sites excluding steroid dienone is 1. The molecule has 0 unspecified atom stereocenters. The lowest BCUT2D eigenvalue weighted by molar-refractivity contribution is -0.136. The molecule has 0 spiro atoms. The topological polar surface area (TPSA) is 37.3 Å². The van der Waals surface area contributed by atoms with Crippen molar-refractivity contribution in [3.05, 3.63) is 40.4 Å². The standard InChI is InChI=1S/C11H11BrO2/c12-10-7-5-9(6-8-10)3-1-2-4-11(13)14/h1,3,5-8H,2,4H2,(H,13,14). The van der Waals surface area contributed by atoms with Crippen molar-refractivity contribution < 1.29 is 9.90 Å². The van der Waals surface area contributed by atoms with Gasteiger partial charge in [0, 0.05) is 10.9 Å². The van der Waals surface area contributed by atoms with Gasteiger partial charge in [-0.05, 0) is 24.1 Å². The molecule has 14 heavy (non-hydrogen) atoms. The Labute approximate surface area is 91.4 Å². The molecule has 0 aliphatic carbocycles. The summed E-state index contributed by atoms with van der Waals surface area (Å²) in [7, 11) is 0. The van der Waals surface area contributed by atoms with Crippen molar-refractivity contribution in [1.82, 2.24) is 0 Å². The highest BCUT2D eigenvalue weighted by molar-refractivity contribution is 9.10. The second-order valence-electron chi connectivity index (χ2n) is 2.89. The van der Waals surface area contributed by atoms with Crippen LogP contribution in [0.25, 0.3) is 6.08 Å². The number of hydrogen-bond acceptors (Lipinski definition) is 1. The van der Waals surface area contributed by atoms with Crippen molar-refractivity contribution in [2.75, 3.05) is 0 Å². The van der Waals surface area contributed by atoms with Crippen molar-refractivity contribution in [3.63, 3.8) is 0 Å². The van der Waals surface area contributed by atoms with E-state index < -0.39 is 5.97 Å². The van der Waals surface area contributed by atoms with Gasteiger partial charge >= 0.3 is 5.97 Å². The lowest BCUT2D eigenvalue weighted by atomic mass is 10.2. The lowest BCUT2D eigenvalue weighted by Gasteiger charge is -1.93. The summed E-state index contributed by atoms with van der Waals surface area (Å²) in [5.41, 5.74) is 1.08. The first-order chi connectivity index (χ1) is 6.68. The van der Waals surface area contributed by atoms with Crippen LogP contribution in [-0.2, 0) is 4.79 Å². The molecule has 0 bridgehead atoms. The first-order valence-corrected chi connectivity index (χ1v) is 5.11. The number of halogens is 1. The Balaban J connectivity index is 2.44. The number of aliphatic carboxylic acids is 1. The minimum absolute atomic E-state index is 0.188. The summed E-state index contributed by atoms with van der Waals surface area (Å²) in [5, 5.41) is 8.41. The molecule has 0 heterocycles. The summed E-state index contributed by atoms with van der Waals surface area (Å²) in [4.78, 5) is 10.2. The van der Waals surface area contributed by atoms with Crippen LogP contribution in [-0.4, -0.2) is 11.1 Å². The fraction of sp³-hybridized carbons (Fsp3) is 0.182. The van der Waals surface area contributed by atoms with Crippen LogP contribution < -0.4 is 0 Å². The SMILES string of the molecule is O=C(O)CCC=Cc1ccc(Br)cc1. The number of carbonyl (C=O) groups is 1. The van der Waals surface area contributed by atoms with E-state index in [2.05, 4.69) is 15.9 Å². The van der Waals surface area contributed by atoms with Gasteiger partial charge in [-0.2, -0.15) is 0 Å². The van der Waals surface area contributed by atoms with E-state index >= 15 is 0 Å². The zero-order chi connectivity index (χ0) is 10.4. The van der Waals surface area contributed by atoms with Crippen molar-refractivity contribution in [2.24, 2.45) is 0 Å². The summed E-state index contributed by atoms with van der Waals surface area (Å²) < 4.78 is 1.04. The smallest absolute Gasteiger partial charge is 0.303 e. The third-order valence-corrected chi connectivity index (χ3v) is 2.23. The molecule has 1 rings (SSSR count). The Morgan fingerprint density at radius 1 is 1.36 bits per heavy atom. The Kier molecular flexibility index (Phi) is 4.40. The normalized spacial score (nSPS) is 10.6.